The van der Waals surface area contributed by atoms with E-state index in [1.165, 1.54) is 0 Å². The van der Waals surface area contributed by atoms with Gasteiger partial charge in [0.2, 0.25) is 0 Å². The van der Waals surface area contributed by atoms with Gasteiger partial charge in [-0.3, -0.25) is 9.59 Å². The number of anilines is 1. The molecule has 0 saturated carbocycles. The SMILES string of the molecule is CC(C)(C)OC(=O)NCc1cccc(C2OC(CC(=O)O)C(=O)Nc3ccc(Cl)cc32)c1. The van der Waals surface area contributed by atoms with Crippen molar-refractivity contribution in [3.05, 3.63) is 64.2 Å². The van der Waals surface area contributed by atoms with Crippen LogP contribution in [0.25, 0.3) is 0 Å². The van der Waals surface area contributed by atoms with E-state index in [-0.39, 0.29) is 6.54 Å². The highest BCUT2D eigenvalue weighted by Crippen LogP contribution is 2.37. The van der Waals surface area contributed by atoms with Crippen molar-refractivity contribution < 1.29 is 29.0 Å². The zero-order valence-corrected chi connectivity index (χ0v) is 18.7. The Hall–Kier alpha value is -3.10. The van der Waals surface area contributed by atoms with Gasteiger partial charge >= 0.3 is 12.1 Å². The number of hydrogen-bond donors (Lipinski definition) is 3. The highest BCUT2D eigenvalue weighted by molar-refractivity contribution is 6.30. The molecule has 9 heteroatoms. The van der Waals surface area contributed by atoms with Gasteiger partial charge in [0.1, 0.15) is 17.8 Å². The van der Waals surface area contributed by atoms with E-state index in [0.717, 1.165) is 5.56 Å². The molecule has 0 radical (unpaired) electrons. The minimum absolute atomic E-state index is 0.216. The molecule has 1 aliphatic rings. The fraction of sp³-hybridized carbons (Fsp3) is 0.348. The molecule has 2 amide bonds. The molecule has 2 aromatic rings. The van der Waals surface area contributed by atoms with Crippen LogP contribution in [0.2, 0.25) is 5.02 Å². The predicted molar refractivity (Wildman–Crippen MR) is 119 cm³/mol. The lowest BCUT2D eigenvalue weighted by atomic mass is 9.98. The van der Waals surface area contributed by atoms with Crippen LogP contribution in [-0.4, -0.2) is 34.8 Å². The maximum absolute atomic E-state index is 12.5. The van der Waals surface area contributed by atoms with Gasteiger partial charge in [-0.05, 0) is 50.1 Å². The van der Waals surface area contributed by atoms with Crippen LogP contribution >= 0.6 is 11.6 Å². The first kappa shape index (κ1) is 23.6. The van der Waals surface area contributed by atoms with Gasteiger partial charge in [0.15, 0.2) is 0 Å². The summed E-state index contributed by atoms with van der Waals surface area (Å²) in [5.41, 5.74) is 1.95. The van der Waals surface area contributed by atoms with Crippen molar-refractivity contribution in [1.29, 1.82) is 0 Å². The molecule has 0 bridgehead atoms. The largest absolute Gasteiger partial charge is 0.481 e. The molecule has 0 saturated heterocycles. The summed E-state index contributed by atoms with van der Waals surface area (Å²) < 4.78 is 11.2. The molecule has 3 rings (SSSR count). The number of aliphatic carboxylic acids is 1. The van der Waals surface area contributed by atoms with Crippen molar-refractivity contribution in [2.24, 2.45) is 0 Å². The van der Waals surface area contributed by atoms with Crippen molar-refractivity contribution in [3.8, 4) is 0 Å². The Morgan fingerprint density at radius 1 is 1.22 bits per heavy atom. The molecule has 0 aliphatic carbocycles. The van der Waals surface area contributed by atoms with Crippen LogP contribution in [0.4, 0.5) is 10.5 Å². The van der Waals surface area contributed by atoms with Gasteiger partial charge in [0.25, 0.3) is 5.91 Å². The second-order valence-electron chi connectivity index (χ2n) is 8.42. The number of carbonyl (C=O) groups is 3. The smallest absolute Gasteiger partial charge is 0.407 e. The van der Waals surface area contributed by atoms with E-state index < -0.39 is 42.2 Å². The predicted octanol–water partition coefficient (Wildman–Crippen LogP) is 4.27. The molecule has 0 aromatic heterocycles. The summed E-state index contributed by atoms with van der Waals surface area (Å²) in [6.45, 7) is 5.56. The molecule has 2 unspecified atom stereocenters. The van der Waals surface area contributed by atoms with Gasteiger partial charge in [0, 0.05) is 22.8 Å². The Labute approximate surface area is 190 Å². The van der Waals surface area contributed by atoms with E-state index in [0.29, 0.717) is 21.8 Å². The Balaban J connectivity index is 1.89. The van der Waals surface area contributed by atoms with E-state index in [2.05, 4.69) is 10.6 Å². The maximum atomic E-state index is 12.5. The number of fused-ring (bicyclic) bond motifs is 1. The van der Waals surface area contributed by atoms with Crippen LogP contribution in [-0.2, 0) is 25.6 Å². The number of carboxylic acids is 1. The third-order valence-electron chi connectivity index (χ3n) is 4.60. The molecule has 0 fully saturated rings. The normalized spacial score (nSPS) is 18.2. The number of carboxylic acid groups (broad SMARTS) is 1. The lowest BCUT2D eigenvalue weighted by Gasteiger charge is -2.22. The zero-order valence-electron chi connectivity index (χ0n) is 18.0. The van der Waals surface area contributed by atoms with Crippen LogP contribution in [0.15, 0.2) is 42.5 Å². The highest BCUT2D eigenvalue weighted by atomic mass is 35.5. The van der Waals surface area contributed by atoms with Crippen molar-refractivity contribution in [2.75, 3.05) is 5.32 Å². The fourth-order valence-corrected chi connectivity index (χ4v) is 3.47. The van der Waals surface area contributed by atoms with Gasteiger partial charge in [-0.2, -0.15) is 0 Å². The van der Waals surface area contributed by atoms with Gasteiger partial charge in [-0.1, -0.05) is 35.9 Å². The summed E-state index contributed by atoms with van der Waals surface area (Å²) in [5.74, 6) is -1.69. The van der Waals surface area contributed by atoms with Crippen LogP contribution < -0.4 is 10.6 Å². The first-order valence-corrected chi connectivity index (χ1v) is 10.4. The van der Waals surface area contributed by atoms with Crippen LogP contribution in [0.1, 0.15) is 50.0 Å². The Morgan fingerprint density at radius 2 is 1.97 bits per heavy atom. The number of nitrogens with one attached hydrogen (secondary N) is 2. The number of amides is 2. The van der Waals surface area contributed by atoms with Gasteiger partial charge in [-0.25, -0.2) is 4.79 Å². The monoisotopic (exact) mass is 460 g/mol. The van der Waals surface area contributed by atoms with E-state index in [4.69, 9.17) is 21.1 Å². The molecular formula is C23H25ClN2O6. The number of benzene rings is 2. The van der Waals surface area contributed by atoms with Crippen LogP contribution in [0.5, 0.6) is 0 Å². The molecule has 2 aromatic carbocycles. The van der Waals surface area contributed by atoms with Gasteiger partial charge in [-0.15, -0.1) is 0 Å². The summed E-state index contributed by atoms with van der Waals surface area (Å²) in [7, 11) is 0. The third kappa shape index (κ3) is 6.21. The van der Waals surface area contributed by atoms with E-state index >= 15 is 0 Å². The van der Waals surface area contributed by atoms with Crippen LogP contribution in [0, 0.1) is 0 Å². The van der Waals surface area contributed by atoms with Gasteiger partial charge < -0.3 is 25.2 Å². The van der Waals surface area contributed by atoms with Crippen molar-refractivity contribution in [3.63, 3.8) is 0 Å². The summed E-state index contributed by atoms with van der Waals surface area (Å²) in [6, 6.07) is 12.2. The second-order valence-corrected chi connectivity index (χ2v) is 8.86. The fourth-order valence-electron chi connectivity index (χ4n) is 3.29. The first-order chi connectivity index (χ1) is 15.0. The third-order valence-corrected chi connectivity index (χ3v) is 4.83. The number of alkyl carbamates (subject to hydrolysis) is 1. The molecule has 8 nitrogen and oxygen atoms in total. The average Bonchev–Trinajstić information content (AvgIpc) is 2.82. The van der Waals surface area contributed by atoms with E-state index in [1.807, 2.05) is 12.1 Å². The van der Waals surface area contributed by atoms with Crippen molar-refractivity contribution in [1.82, 2.24) is 5.32 Å². The Bertz CT molecular complexity index is 1030. The van der Waals surface area contributed by atoms with E-state index in [9.17, 15) is 19.5 Å². The molecule has 170 valence electrons. The summed E-state index contributed by atoms with van der Waals surface area (Å²) in [5, 5.41) is 15.1. The molecule has 3 N–H and O–H groups in total. The Morgan fingerprint density at radius 3 is 2.66 bits per heavy atom. The number of rotatable bonds is 5. The number of ether oxygens (including phenoxy) is 2. The topological polar surface area (TPSA) is 114 Å². The standard InChI is InChI=1S/C23H25ClN2O6/c1-23(2,3)32-22(30)25-12-13-5-4-6-14(9-13)20-16-10-15(24)7-8-17(16)26-21(29)18(31-20)11-19(27)28/h4-10,18,20H,11-12H2,1-3H3,(H,25,30)(H,26,29)(H,27,28). The molecule has 1 aliphatic heterocycles. The second kappa shape index (κ2) is 9.58. The zero-order chi connectivity index (χ0) is 23.5. The lowest BCUT2D eigenvalue weighted by Crippen LogP contribution is -2.32. The average molecular weight is 461 g/mol. The first-order valence-electron chi connectivity index (χ1n) is 10.0. The quantitative estimate of drug-likeness (QED) is 0.614. The summed E-state index contributed by atoms with van der Waals surface area (Å²) >= 11 is 6.18. The van der Waals surface area contributed by atoms with Gasteiger partial charge in [0.05, 0.1) is 6.42 Å². The van der Waals surface area contributed by atoms with Crippen LogP contribution in [0.3, 0.4) is 0 Å². The highest BCUT2D eigenvalue weighted by Gasteiger charge is 2.33. The summed E-state index contributed by atoms with van der Waals surface area (Å²) in [6.07, 6.45) is -2.95. The summed E-state index contributed by atoms with van der Waals surface area (Å²) in [4.78, 5) is 35.8. The van der Waals surface area contributed by atoms with Crippen molar-refractivity contribution >= 4 is 35.3 Å². The van der Waals surface area contributed by atoms with Crippen molar-refractivity contribution in [2.45, 2.75) is 51.5 Å². The minimum atomic E-state index is -1.19. The number of hydrogen-bond acceptors (Lipinski definition) is 5. The maximum Gasteiger partial charge on any atom is 0.407 e. The molecular weight excluding hydrogens is 436 g/mol. The lowest BCUT2D eigenvalue weighted by molar-refractivity contribution is -0.146. The Kier molecular flexibility index (Phi) is 7.06. The minimum Gasteiger partial charge on any atom is -0.481 e. The molecule has 32 heavy (non-hydrogen) atoms. The molecule has 0 spiro atoms. The molecule has 2 atom stereocenters. The van der Waals surface area contributed by atoms with E-state index in [1.54, 1.807) is 51.1 Å². The number of halogens is 1. The molecule has 1 heterocycles. The number of carbonyl (C=O) groups excluding carboxylic acids is 2.